The molecule has 4 nitrogen and oxygen atoms in total. The molecule has 1 saturated heterocycles. The summed E-state index contributed by atoms with van der Waals surface area (Å²) >= 11 is 0. The second-order valence-corrected chi connectivity index (χ2v) is 6.88. The van der Waals surface area contributed by atoms with Gasteiger partial charge >= 0.3 is 5.97 Å². The second-order valence-electron chi connectivity index (χ2n) is 6.88. The fourth-order valence-corrected chi connectivity index (χ4v) is 3.85. The summed E-state index contributed by atoms with van der Waals surface area (Å²) in [5.41, 5.74) is 3.65. The predicted molar refractivity (Wildman–Crippen MR) is 103 cm³/mol. The van der Waals surface area contributed by atoms with Crippen LogP contribution in [-0.4, -0.2) is 35.7 Å². The van der Waals surface area contributed by atoms with E-state index in [2.05, 4.69) is 42.2 Å². The molecule has 0 saturated carbocycles. The summed E-state index contributed by atoms with van der Waals surface area (Å²) in [6.07, 6.45) is 1.38. The fourth-order valence-electron chi connectivity index (χ4n) is 3.85. The number of rotatable bonds is 6. The minimum Gasteiger partial charge on any atom is -0.494 e. The Kier molecular flexibility index (Phi) is 5.94. The third-order valence-electron chi connectivity index (χ3n) is 5.24. The normalized spacial score (nSPS) is 17.0. The van der Waals surface area contributed by atoms with E-state index in [0.717, 1.165) is 24.4 Å². The highest BCUT2D eigenvalue weighted by atomic mass is 16.5. The zero-order valence-electron chi connectivity index (χ0n) is 15.5. The van der Waals surface area contributed by atoms with Gasteiger partial charge in [-0.1, -0.05) is 42.5 Å². The van der Waals surface area contributed by atoms with Crippen molar-refractivity contribution in [2.45, 2.75) is 32.7 Å². The van der Waals surface area contributed by atoms with Crippen LogP contribution in [0.15, 0.2) is 48.5 Å². The Bertz CT molecular complexity index is 751. The molecule has 2 aromatic carbocycles. The van der Waals surface area contributed by atoms with Crippen LogP contribution in [0.3, 0.4) is 0 Å². The number of piperidine rings is 1. The molecule has 1 fully saturated rings. The van der Waals surface area contributed by atoms with E-state index in [1.54, 1.807) is 0 Å². The molecule has 0 radical (unpaired) electrons. The highest BCUT2D eigenvalue weighted by Crippen LogP contribution is 2.38. The number of likely N-dealkylation sites (tertiary alicyclic amines) is 1. The van der Waals surface area contributed by atoms with Crippen molar-refractivity contribution in [1.82, 2.24) is 4.90 Å². The predicted octanol–water partition coefficient (Wildman–Crippen LogP) is 4.28. The molecule has 0 bridgehead atoms. The van der Waals surface area contributed by atoms with E-state index in [1.165, 1.54) is 11.1 Å². The monoisotopic (exact) mass is 353 g/mol. The third kappa shape index (κ3) is 3.91. The first-order chi connectivity index (χ1) is 12.6. The van der Waals surface area contributed by atoms with Crippen molar-refractivity contribution in [3.05, 3.63) is 65.2 Å². The lowest BCUT2D eigenvalue weighted by molar-refractivity contribution is -0.143. The van der Waals surface area contributed by atoms with Crippen molar-refractivity contribution in [2.24, 2.45) is 5.92 Å². The van der Waals surface area contributed by atoms with E-state index in [9.17, 15) is 9.90 Å². The van der Waals surface area contributed by atoms with Gasteiger partial charge in [0.2, 0.25) is 0 Å². The maximum absolute atomic E-state index is 11.3. The lowest BCUT2D eigenvalue weighted by atomic mass is 9.89. The van der Waals surface area contributed by atoms with Gasteiger partial charge in [0.05, 0.1) is 18.6 Å². The first-order valence-electron chi connectivity index (χ1n) is 9.36. The number of carboxylic acids is 1. The van der Waals surface area contributed by atoms with E-state index in [-0.39, 0.29) is 12.0 Å². The number of hydrogen-bond acceptors (Lipinski definition) is 3. The van der Waals surface area contributed by atoms with Gasteiger partial charge in [0, 0.05) is 5.56 Å². The van der Waals surface area contributed by atoms with Crippen molar-refractivity contribution in [3.8, 4) is 5.75 Å². The van der Waals surface area contributed by atoms with Crippen molar-refractivity contribution < 1.29 is 14.6 Å². The summed E-state index contributed by atoms with van der Waals surface area (Å²) in [6, 6.07) is 16.7. The van der Waals surface area contributed by atoms with Crippen LogP contribution < -0.4 is 4.74 Å². The molecule has 3 rings (SSSR count). The molecular formula is C22H27NO3. The number of carbonyl (C=O) groups is 1. The van der Waals surface area contributed by atoms with E-state index < -0.39 is 5.97 Å². The van der Waals surface area contributed by atoms with E-state index in [1.807, 2.05) is 25.1 Å². The Labute approximate surface area is 155 Å². The molecule has 1 N–H and O–H groups in total. The number of carboxylic acid groups (broad SMARTS) is 1. The van der Waals surface area contributed by atoms with Crippen molar-refractivity contribution in [1.29, 1.82) is 0 Å². The van der Waals surface area contributed by atoms with Crippen molar-refractivity contribution >= 4 is 5.97 Å². The molecule has 0 aromatic heterocycles. The Morgan fingerprint density at radius 1 is 1.12 bits per heavy atom. The van der Waals surface area contributed by atoms with Gasteiger partial charge in [-0.15, -0.1) is 0 Å². The number of ether oxygens (including phenoxy) is 1. The maximum atomic E-state index is 11.3. The molecule has 1 unspecified atom stereocenters. The first-order valence-corrected chi connectivity index (χ1v) is 9.36. The second kappa shape index (κ2) is 8.37. The molecular weight excluding hydrogens is 326 g/mol. The quantitative estimate of drug-likeness (QED) is 0.842. The summed E-state index contributed by atoms with van der Waals surface area (Å²) in [5.74, 6) is 0.00123. The van der Waals surface area contributed by atoms with Crippen molar-refractivity contribution in [3.63, 3.8) is 0 Å². The number of aliphatic carboxylic acids is 1. The lowest BCUT2D eigenvalue weighted by Gasteiger charge is -2.38. The summed E-state index contributed by atoms with van der Waals surface area (Å²) in [4.78, 5) is 13.7. The van der Waals surface area contributed by atoms with E-state index in [0.29, 0.717) is 19.4 Å². The molecule has 1 aliphatic heterocycles. The molecule has 0 amide bonds. The highest BCUT2D eigenvalue weighted by molar-refractivity contribution is 5.70. The molecule has 4 heteroatoms. The summed E-state index contributed by atoms with van der Waals surface area (Å²) < 4.78 is 5.91. The number of nitrogens with zero attached hydrogens (tertiary/aromatic N) is 1. The average Bonchev–Trinajstić information content (AvgIpc) is 2.65. The summed E-state index contributed by atoms with van der Waals surface area (Å²) in [5, 5.41) is 9.32. The number of para-hydroxylation sites is 1. The number of hydrogen-bond donors (Lipinski definition) is 1. The molecule has 2 aromatic rings. The zero-order valence-corrected chi connectivity index (χ0v) is 15.5. The Hall–Kier alpha value is -2.33. The van der Waals surface area contributed by atoms with Crippen LogP contribution in [0.1, 0.15) is 42.5 Å². The van der Waals surface area contributed by atoms with Gasteiger partial charge in [-0.05, 0) is 57.0 Å². The van der Waals surface area contributed by atoms with Gasteiger partial charge < -0.3 is 9.84 Å². The standard InChI is InChI=1S/C22H27NO3/c1-3-26-20-11-7-6-10-19(20)21(18-9-5-4-8-16(18)2)23-14-12-17(13-15-23)22(24)25/h4-11,17,21H,3,12-15H2,1-2H3,(H,24,25). The van der Waals surface area contributed by atoms with Crippen LogP contribution in [0.2, 0.25) is 0 Å². The first kappa shape index (κ1) is 18.5. The van der Waals surface area contributed by atoms with Crippen LogP contribution >= 0.6 is 0 Å². The number of benzene rings is 2. The van der Waals surface area contributed by atoms with Crippen LogP contribution in [0, 0.1) is 12.8 Å². The lowest BCUT2D eigenvalue weighted by Crippen LogP contribution is -2.39. The Balaban J connectivity index is 1.99. The summed E-state index contributed by atoms with van der Waals surface area (Å²) in [6.45, 7) is 6.30. The minimum absolute atomic E-state index is 0.0775. The van der Waals surface area contributed by atoms with Crippen LogP contribution in [0.25, 0.3) is 0 Å². The zero-order chi connectivity index (χ0) is 18.5. The molecule has 0 spiro atoms. The van der Waals surface area contributed by atoms with Crippen LogP contribution in [0.5, 0.6) is 5.75 Å². The minimum atomic E-state index is -0.674. The average molecular weight is 353 g/mol. The molecule has 0 aliphatic carbocycles. The fraction of sp³-hybridized carbons (Fsp3) is 0.409. The van der Waals surface area contributed by atoms with Gasteiger partial charge in [-0.25, -0.2) is 0 Å². The van der Waals surface area contributed by atoms with Gasteiger partial charge in [-0.3, -0.25) is 9.69 Å². The van der Waals surface area contributed by atoms with Crippen LogP contribution in [-0.2, 0) is 4.79 Å². The third-order valence-corrected chi connectivity index (χ3v) is 5.24. The summed E-state index contributed by atoms with van der Waals surface area (Å²) in [7, 11) is 0. The van der Waals surface area contributed by atoms with Crippen LogP contribution in [0.4, 0.5) is 0 Å². The SMILES string of the molecule is CCOc1ccccc1C(c1ccccc1C)N1CCC(C(=O)O)CC1. The van der Waals surface area contributed by atoms with Gasteiger partial charge in [-0.2, -0.15) is 0 Å². The molecule has 138 valence electrons. The Morgan fingerprint density at radius 2 is 1.73 bits per heavy atom. The largest absolute Gasteiger partial charge is 0.494 e. The smallest absolute Gasteiger partial charge is 0.306 e. The highest BCUT2D eigenvalue weighted by Gasteiger charge is 2.32. The molecule has 1 heterocycles. The topological polar surface area (TPSA) is 49.8 Å². The Morgan fingerprint density at radius 3 is 2.35 bits per heavy atom. The number of aryl methyl sites for hydroxylation is 1. The van der Waals surface area contributed by atoms with Gasteiger partial charge in [0.15, 0.2) is 0 Å². The van der Waals surface area contributed by atoms with E-state index >= 15 is 0 Å². The molecule has 26 heavy (non-hydrogen) atoms. The van der Waals surface area contributed by atoms with E-state index in [4.69, 9.17) is 4.74 Å². The van der Waals surface area contributed by atoms with Gasteiger partial charge in [0.1, 0.15) is 5.75 Å². The molecule has 1 aliphatic rings. The van der Waals surface area contributed by atoms with Gasteiger partial charge in [0.25, 0.3) is 0 Å². The van der Waals surface area contributed by atoms with Crippen molar-refractivity contribution in [2.75, 3.05) is 19.7 Å². The molecule has 1 atom stereocenters. The maximum Gasteiger partial charge on any atom is 0.306 e.